The van der Waals surface area contributed by atoms with Crippen LogP contribution in [0.1, 0.15) is 135 Å². The monoisotopic (exact) mass is 1830 g/mol. The van der Waals surface area contributed by atoms with E-state index >= 15 is 0 Å². The number of Topliss-reactive ketones (excluding diaryl/α,β-unsaturated/α-hetero) is 1. The van der Waals surface area contributed by atoms with Crippen molar-refractivity contribution in [3.63, 3.8) is 0 Å². The van der Waals surface area contributed by atoms with Crippen LogP contribution in [-0.2, 0) is 78.2 Å². The molecule has 40 nitrogen and oxygen atoms in total. The molecule has 3 aromatic heterocycles. The van der Waals surface area contributed by atoms with E-state index in [-0.39, 0.29) is 126 Å². The van der Waals surface area contributed by atoms with Gasteiger partial charge in [-0.3, -0.25) is 51.3 Å². The number of aryl methyl sites for hydroxylation is 1. The van der Waals surface area contributed by atoms with E-state index in [9.17, 15) is 107 Å². The number of anilines is 13. The maximum atomic E-state index is 14.9. The van der Waals surface area contributed by atoms with E-state index in [4.69, 9.17) is 11.5 Å². The Labute approximate surface area is 717 Å². The Morgan fingerprint density at radius 2 is 0.929 bits per heavy atom. The van der Waals surface area contributed by atoms with Crippen LogP contribution in [0.5, 0.6) is 0 Å². The minimum atomic E-state index is -5.46. The largest absolute Gasteiger partial charge is 0.381 e. The van der Waals surface area contributed by atoms with Crippen LogP contribution in [0, 0.1) is 17.8 Å². The summed E-state index contributed by atoms with van der Waals surface area (Å²) in [7, 11) is -28.7. The standard InChI is InChI=1S/C80H74N16O24S6/c1-80(102)48-17-7-6-16-47(48)62-65-56(96(3)73(101)67(62)70(98)40-11-9-13-44(32-40)122(106,107)108)29-27-50(68(65)80)86-52-34-54(60(126(118,119)120)36-58(52)124(112,113)114)88-79-92-75(82)90-77(94-79)84-42-24-20-38(21-25-42)30-37-18-22-41(23-19-37)83-76-89-74(81)91-78(93-76)87-53-33-51(57(123(109,110)111)35-59(53)125(115,116)117)85-49-26-28-55-64-61(45-14-4-5-15-46(45)71(99)63(49)64)66(72(100)95(55)2)69(97)39-10-8-12-43(31-39)121(103,104)105/h4-17,26-29,31-38,41-42,62,67,85-86,102H,18-25,30H2,1-3H3,(H,103,104,105)(H,106,107,108)(H,109,110,111)(H,112,113,114)(H,115,116,117)(H,118,119,120)(H4,81,83,87,89,91,93)(H4,82,84,88,90,92,94). The number of hydrogen-bond acceptors (Lipinski definition) is 32. The van der Waals surface area contributed by atoms with Crippen molar-refractivity contribution < 1.29 is 102 Å². The molecule has 11 aromatic rings. The first-order valence-electron chi connectivity index (χ1n) is 38.4. The quantitative estimate of drug-likeness (QED) is 0.0152. The van der Waals surface area contributed by atoms with Gasteiger partial charge in [-0.2, -0.15) is 80.4 Å². The van der Waals surface area contributed by atoms with Crippen molar-refractivity contribution in [2.45, 2.75) is 118 Å². The Hall–Kier alpha value is -12.7. The lowest BCUT2D eigenvalue weighted by molar-refractivity contribution is -0.121. The Balaban J connectivity index is 0.596. The molecule has 1 amide bonds. The van der Waals surface area contributed by atoms with E-state index < -0.39 is 177 Å². The van der Waals surface area contributed by atoms with Crippen molar-refractivity contribution in [3.05, 3.63) is 206 Å². The van der Waals surface area contributed by atoms with Gasteiger partial charge in [-0.1, -0.05) is 72.8 Å². The minimum absolute atomic E-state index is 0.0205. The second-order valence-electron chi connectivity index (χ2n) is 31.2. The fourth-order valence-corrected chi connectivity index (χ4v) is 21.5. The maximum absolute atomic E-state index is 14.9. The Bertz CT molecular complexity index is 7380. The highest BCUT2D eigenvalue weighted by Crippen LogP contribution is 2.58. The predicted octanol–water partition coefficient (Wildman–Crippen LogP) is 9.18. The highest BCUT2D eigenvalue weighted by atomic mass is 32.2. The summed E-state index contributed by atoms with van der Waals surface area (Å²) >= 11 is 0. The Kier molecular flexibility index (Phi) is 21.9. The van der Waals surface area contributed by atoms with Gasteiger partial charge in [-0.05, 0) is 172 Å². The third-order valence-electron chi connectivity index (χ3n) is 23.3. The molecule has 1 aliphatic heterocycles. The van der Waals surface area contributed by atoms with Crippen molar-refractivity contribution in [1.29, 1.82) is 0 Å². The summed E-state index contributed by atoms with van der Waals surface area (Å²) in [6.45, 7) is 1.40. The van der Waals surface area contributed by atoms with Gasteiger partial charge >= 0.3 is 0 Å². The van der Waals surface area contributed by atoms with Crippen LogP contribution in [-0.4, -0.2) is 160 Å². The number of carbonyl (C=O) groups excluding carboxylic acids is 4. The van der Waals surface area contributed by atoms with Crippen molar-refractivity contribution in [3.8, 4) is 11.1 Å². The average Bonchev–Trinajstić information content (AvgIpc) is 0.696. The number of nitrogen functional groups attached to an aromatic ring is 2. The average molecular weight is 1840 g/mol. The van der Waals surface area contributed by atoms with E-state index in [1.54, 1.807) is 18.2 Å². The number of benzene rings is 8. The molecular formula is C80H74N16O24S6. The van der Waals surface area contributed by atoms with E-state index in [1.807, 2.05) is 0 Å². The summed E-state index contributed by atoms with van der Waals surface area (Å²) < 4.78 is 219. The van der Waals surface area contributed by atoms with Crippen molar-refractivity contribution in [2.24, 2.45) is 24.8 Å². The number of hydrogen-bond donors (Lipinski definition) is 15. The SMILES string of the molecule is CN1C(=O)C(C(=O)c2cccc(S(=O)(=O)O)c2)C2c3ccccc3C(C)(O)c3c(Nc4cc(Nc5nc(N)nc(NC6CCC(CC7CCC(Nc8nc(N)nc(Nc9cc(Nc%10ccc%11c%12c%10C(=O)c%10ccccc%10-c%12c(C(=O)c%10cccc(S(=O)(=O)O)c%10)c(=O)n%11C)c(S(=O)(=O)O)cc9S(=O)(=O)O)n8)CC7)CC6)n5)c(S(=O)(=O)O)cc4S(=O)(=O)O)ccc1c32. The number of carbonyl (C=O) groups is 4. The molecule has 3 unspecified atom stereocenters. The molecule has 0 radical (unpaired) electrons. The normalized spacial score (nSPS) is 19.4. The number of nitrogens with two attached hydrogens (primary N) is 2. The second kappa shape index (κ2) is 31.8. The highest BCUT2D eigenvalue weighted by molar-refractivity contribution is 7.87. The third kappa shape index (κ3) is 16.4. The second-order valence-corrected chi connectivity index (χ2v) is 39.6. The van der Waals surface area contributed by atoms with Crippen molar-refractivity contribution in [1.82, 2.24) is 34.5 Å². The molecule has 2 fully saturated rings. The predicted molar refractivity (Wildman–Crippen MR) is 456 cm³/mol. The first-order chi connectivity index (χ1) is 59.2. The first-order valence-corrected chi connectivity index (χ1v) is 47.1. The molecule has 0 bridgehead atoms. The molecule has 16 rings (SSSR count). The van der Waals surface area contributed by atoms with Crippen LogP contribution < -0.4 is 53.8 Å². The summed E-state index contributed by atoms with van der Waals surface area (Å²) in [5.74, 6) is -7.34. The smallest absolute Gasteiger partial charge is 0.296 e. The number of nitrogens with zero attached hydrogens (tertiary/aromatic N) is 8. The number of aliphatic hydroxyl groups is 1. The number of ketones is 3. The van der Waals surface area contributed by atoms with Crippen LogP contribution in [0.2, 0.25) is 0 Å². The van der Waals surface area contributed by atoms with Gasteiger partial charge in [0.2, 0.25) is 41.6 Å². The number of aromatic nitrogens is 7. The number of nitrogens with one attached hydrogen (secondary N) is 6. The lowest BCUT2D eigenvalue weighted by atomic mass is 9.63. The van der Waals surface area contributed by atoms with E-state index in [0.717, 1.165) is 78.0 Å². The molecule has 8 aromatic carbocycles. The van der Waals surface area contributed by atoms with Gasteiger partial charge < -0.3 is 57.9 Å². The van der Waals surface area contributed by atoms with Crippen LogP contribution in [0.4, 0.5) is 75.5 Å². The molecule has 0 saturated heterocycles. The van der Waals surface area contributed by atoms with Crippen LogP contribution in [0.25, 0.3) is 22.0 Å². The number of pyridine rings is 1. The molecule has 0 spiro atoms. The summed E-state index contributed by atoms with van der Waals surface area (Å²) in [5.41, 5.74) is 6.36. The Morgan fingerprint density at radius 3 is 1.44 bits per heavy atom. The van der Waals surface area contributed by atoms with Gasteiger partial charge in [0.15, 0.2) is 17.3 Å². The minimum Gasteiger partial charge on any atom is -0.381 e. The lowest BCUT2D eigenvalue weighted by Gasteiger charge is -2.46. The zero-order chi connectivity index (χ0) is 90.3. The zero-order valence-corrected chi connectivity index (χ0v) is 70.8. The van der Waals surface area contributed by atoms with Gasteiger partial charge in [-0.25, -0.2) is 0 Å². The van der Waals surface area contributed by atoms with Gasteiger partial charge in [0.05, 0.1) is 54.9 Å². The molecule has 2 saturated carbocycles. The number of rotatable bonds is 24. The highest BCUT2D eigenvalue weighted by Gasteiger charge is 2.53. The molecule has 5 aliphatic rings. The van der Waals surface area contributed by atoms with Gasteiger partial charge in [0.1, 0.15) is 31.1 Å². The number of amides is 1. The summed E-state index contributed by atoms with van der Waals surface area (Å²) in [4.78, 5) is 94.2. The van der Waals surface area contributed by atoms with E-state index in [1.165, 1.54) is 99.9 Å². The number of fused-ring (bicyclic) bond motifs is 4. The summed E-state index contributed by atoms with van der Waals surface area (Å²) in [5, 5.41) is 30.4. The topological polar surface area (TPSA) is 642 Å². The van der Waals surface area contributed by atoms with Crippen LogP contribution in [0.15, 0.2) is 180 Å². The molecule has 17 N–H and O–H groups in total. The third-order valence-corrected chi connectivity index (χ3v) is 28.6. The molecule has 4 aliphatic carbocycles. The zero-order valence-electron chi connectivity index (χ0n) is 65.9. The van der Waals surface area contributed by atoms with Crippen LogP contribution in [0.3, 0.4) is 0 Å². The summed E-state index contributed by atoms with van der Waals surface area (Å²) in [6.07, 6.45) is 6.40. The van der Waals surface area contributed by atoms with Gasteiger partial charge in [-0.15, -0.1) is 0 Å². The maximum Gasteiger partial charge on any atom is 0.296 e. The van der Waals surface area contributed by atoms with Gasteiger partial charge in [0.25, 0.3) is 66.3 Å². The molecule has 654 valence electrons. The van der Waals surface area contributed by atoms with Gasteiger partial charge in [0, 0.05) is 76.7 Å². The van der Waals surface area contributed by atoms with E-state index in [2.05, 4.69) is 61.8 Å². The molecule has 46 heteroatoms. The fourth-order valence-electron chi connectivity index (χ4n) is 17.7. The molecule has 3 atom stereocenters. The van der Waals surface area contributed by atoms with Crippen LogP contribution >= 0.6 is 0 Å². The molecule has 126 heavy (non-hydrogen) atoms. The van der Waals surface area contributed by atoms with E-state index in [0.29, 0.717) is 43.4 Å². The first kappa shape index (κ1) is 86.8. The van der Waals surface area contributed by atoms with Crippen molar-refractivity contribution in [2.75, 3.05) is 55.3 Å². The molecule has 4 heterocycles. The lowest BCUT2D eigenvalue weighted by Crippen LogP contribution is -2.48. The summed E-state index contributed by atoms with van der Waals surface area (Å²) in [6, 6.07) is 28.6. The van der Waals surface area contributed by atoms with Crippen molar-refractivity contribution >= 4 is 170 Å². The Morgan fingerprint density at radius 1 is 0.476 bits per heavy atom. The molecular weight excluding hydrogens is 1760 g/mol. The fraction of sp³-hybridized carbons (Fsp3) is 0.237.